The van der Waals surface area contributed by atoms with Crippen molar-refractivity contribution in [1.29, 1.82) is 0 Å². The molecule has 0 saturated carbocycles. The number of rotatable bonds is 6. The lowest BCUT2D eigenvalue weighted by atomic mass is 9.93. The number of guanidine groups is 1. The fourth-order valence-corrected chi connectivity index (χ4v) is 2.70. The lowest BCUT2D eigenvalue weighted by Crippen LogP contribution is -2.41. The second-order valence-electron chi connectivity index (χ2n) is 6.61. The molecule has 0 unspecified atom stereocenters. The standard InChI is InChI=1S/C18H29N3O.HI/c1-4-19-17(21-12-10-18(2,3)15-21)20-11-13-22-14-16-8-6-5-7-9-16;/h5-9H,4,10-15H2,1-3H3,(H,19,20);1H. The summed E-state index contributed by atoms with van der Waals surface area (Å²) < 4.78 is 5.70. The largest absolute Gasteiger partial charge is 0.375 e. The molecule has 2 rings (SSSR count). The molecule has 0 spiro atoms. The molecule has 0 atom stereocenters. The van der Waals surface area contributed by atoms with E-state index in [4.69, 9.17) is 9.73 Å². The molecule has 1 aromatic carbocycles. The minimum atomic E-state index is 0. The van der Waals surface area contributed by atoms with E-state index in [2.05, 4.69) is 43.1 Å². The van der Waals surface area contributed by atoms with Gasteiger partial charge in [0.25, 0.3) is 0 Å². The number of hydrogen-bond donors (Lipinski definition) is 1. The van der Waals surface area contributed by atoms with Gasteiger partial charge in [0.2, 0.25) is 0 Å². The van der Waals surface area contributed by atoms with Crippen molar-refractivity contribution < 1.29 is 4.74 Å². The topological polar surface area (TPSA) is 36.9 Å². The Labute approximate surface area is 157 Å². The van der Waals surface area contributed by atoms with E-state index in [0.29, 0.717) is 25.2 Å². The Kier molecular flexibility index (Phi) is 8.91. The molecule has 0 radical (unpaired) electrons. The van der Waals surface area contributed by atoms with Gasteiger partial charge in [-0.2, -0.15) is 0 Å². The lowest BCUT2D eigenvalue weighted by Gasteiger charge is -2.23. The van der Waals surface area contributed by atoms with Crippen LogP contribution in [-0.4, -0.2) is 43.6 Å². The van der Waals surface area contributed by atoms with Crippen molar-refractivity contribution >= 4 is 29.9 Å². The third-order valence-corrected chi connectivity index (χ3v) is 3.92. The first-order chi connectivity index (χ1) is 10.6. The molecular formula is C18H30IN3O. The molecule has 5 heteroatoms. The normalized spacial score (nSPS) is 17.0. The average Bonchev–Trinajstić information content (AvgIpc) is 2.87. The number of benzene rings is 1. The molecule has 1 saturated heterocycles. The van der Waals surface area contributed by atoms with Crippen molar-refractivity contribution in [1.82, 2.24) is 10.2 Å². The van der Waals surface area contributed by atoms with E-state index >= 15 is 0 Å². The molecule has 1 aromatic rings. The second-order valence-corrected chi connectivity index (χ2v) is 6.61. The Bertz CT molecular complexity index is 476. The Morgan fingerprint density at radius 1 is 1.30 bits per heavy atom. The third-order valence-electron chi connectivity index (χ3n) is 3.92. The quantitative estimate of drug-likeness (QED) is 0.324. The maximum Gasteiger partial charge on any atom is 0.194 e. The van der Waals surface area contributed by atoms with E-state index in [0.717, 1.165) is 25.6 Å². The number of halogens is 1. The lowest BCUT2D eigenvalue weighted by molar-refractivity contribution is 0.128. The molecule has 0 bridgehead atoms. The van der Waals surface area contributed by atoms with Crippen LogP contribution in [0, 0.1) is 5.41 Å². The van der Waals surface area contributed by atoms with Gasteiger partial charge >= 0.3 is 0 Å². The minimum Gasteiger partial charge on any atom is -0.375 e. The predicted octanol–water partition coefficient (Wildman–Crippen LogP) is 3.52. The van der Waals surface area contributed by atoms with E-state index in [9.17, 15) is 0 Å². The highest BCUT2D eigenvalue weighted by molar-refractivity contribution is 14.0. The highest BCUT2D eigenvalue weighted by Crippen LogP contribution is 2.28. The summed E-state index contributed by atoms with van der Waals surface area (Å²) in [6.45, 7) is 11.8. The fourth-order valence-electron chi connectivity index (χ4n) is 2.70. The van der Waals surface area contributed by atoms with Crippen LogP contribution in [0.3, 0.4) is 0 Å². The van der Waals surface area contributed by atoms with Crippen molar-refractivity contribution in [2.75, 3.05) is 32.8 Å². The van der Waals surface area contributed by atoms with Gasteiger partial charge in [0, 0.05) is 19.6 Å². The molecule has 0 aromatic heterocycles. The molecule has 23 heavy (non-hydrogen) atoms. The summed E-state index contributed by atoms with van der Waals surface area (Å²) in [7, 11) is 0. The van der Waals surface area contributed by atoms with Gasteiger partial charge in [0.05, 0.1) is 19.8 Å². The van der Waals surface area contributed by atoms with Gasteiger partial charge in [-0.15, -0.1) is 24.0 Å². The molecule has 130 valence electrons. The van der Waals surface area contributed by atoms with Crippen LogP contribution in [0.25, 0.3) is 0 Å². The number of nitrogens with zero attached hydrogens (tertiary/aromatic N) is 2. The van der Waals surface area contributed by atoms with Crippen LogP contribution in [0.4, 0.5) is 0 Å². The first-order valence-electron chi connectivity index (χ1n) is 8.26. The van der Waals surface area contributed by atoms with Crippen LogP contribution in [0.2, 0.25) is 0 Å². The second kappa shape index (κ2) is 10.1. The van der Waals surface area contributed by atoms with Crippen molar-refractivity contribution in [2.24, 2.45) is 10.4 Å². The van der Waals surface area contributed by atoms with E-state index in [1.165, 1.54) is 12.0 Å². The molecule has 4 nitrogen and oxygen atoms in total. The maximum absolute atomic E-state index is 5.70. The number of ether oxygens (including phenoxy) is 1. The molecule has 0 amide bonds. The Morgan fingerprint density at radius 2 is 2.04 bits per heavy atom. The summed E-state index contributed by atoms with van der Waals surface area (Å²) in [6, 6.07) is 10.3. The fraction of sp³-hybridized carbons (Fsp3) is 0.611. The Balaban J connectivity index is 0.00000264. The zero-order valence-corrected chi connectivity index (χ0v) is 16.9. The van der Waals surface area contributed by atoms with Crippen molar-refractivity contribution in [3.8, 4) is 0 Å². The molecule has 1 fully saturated rings. The minimum absolute atomic E-state index is 0. The van der Waals surface area contributed by atoms with E-state index in [1.807, 2.05) is 18.2 Å². The van der Waals surface area contributed by atoms with E-state index < -0.39 is 0 Å². The van der Waals surface area contributed by atoms with Gasteiger partial charge in [-0.05, 0) is 24.3 Å². The zero-order chi connectivity index (χ0) is 15.8. The number of hydrogen-bond acceptors (Lipinski definition) is 2. The van der Waals surface area contributed by atoms with Crippen LogP contribution in [0.15, 0.2) is 35.3 Å². The third kappa shape index (κ3) is 7.08. The molecule has 1 aliphatic rings. The summed E-state index contributed by atoms with van der Waals surface area (Å²) in [4.78, 5) is 7.06. The SMILES string of the molecule is CCNC(=NCCOCc1ccccc1)N1CCC(C)(C)C1.I. The number of nitrogens with one attached hydrogen (secondary N) is 1. The molecule has 1 heterocycles. The van der Waals surface area contributed by atoms with Crippen LogP contribution in [-0.2, 0) is 11.3 Å². The van der Waals surface area contributed by atoms with Crippen LogP contribution in [0.5, 0.6) is 0 Å². The summed E-state index contributed by atoms with van der Waals surface area (Å²) >= 11 is 0. The highest BCUT2D eigenvalue weighted by Gasteiger charge is 2.30. The van der Waals surface area contributed by atoms with E-state index in [1.54, 1.807) is 0 Å². The van der Waals surface area contributed by atoms with Crippen LogP contribution < -0.4 is 5.32 Å². The monoisotopic (exact) mass is 431 g/mol. The summed E-state index contributed by atoms with van der Waals surface area (Å²) in [6.07, 6.45) is 1.22. The van der Waals surface area contributed by atoms with Crippen molar-refractivity contribution in [3.05, 3.63) is 35.9 Å². The van der Waals surface area contributed by atoms with Gasteiger partial charge in [-0.25, -0.2) is 0 Å². The molecule has 1 N–H and O–H groups in total. The average molecular weight is 431 g/mol. The van der Waals surface area contributed by atoms with Gasteiger partial charge < -0.3 is 15.0 Å². The molecule has 1 aliphatic heterocycles. The molecule has 0 aliphatic carbocycles. The summed E-state index contributed by atoms with van der Waals surface area (Å²) in [5.41, 5.74) is 1.60. The first-order valence-corrected chi connectivity index (χ1v) is 8.26. The predicted molar refractivity (Wildman–Crippen MR) is 107 cm³/mol. The van der Waals surface area contributed by atoms with Gasteiger partial charge in [-0.1, -0.05) is 44.2 Å². The first kappa shape index (κ1) is 20.2. The van der Waals surface area contributed by atoms with E-state index in [-0.39, 0.29) is 24.0 Å². The number of likely N-dealkylation sites (tertiary alicyclic amines) is 1. The summed E-state index contributed by atoms with van der Waals surface area (Å²) in [5, 5.41) is 3.39. The Hall–Kier alpha value is -0.820. The maximum atomic E-state index is 5.70. The van der Waals surface area contributed by atoms with Gasteiger partial charge in [0.1, 0.15) is 0 Å². The van der Waals surface area contributed by atoms with Crippen LogP contribution in [0.1, 0.15) is 32.8 Å². The van der Waals surface area contributed by atoms with Gasteiger partial charge in [-0.3, -0.25) is 4.99 Å². The molecular weight excluding hydrogens is 401 g/mol. The van der Waals surface area contributed by atoms with Crippen LogP contribution >= 0.6 is 24.0 Å². The van der Waals surface area contributed by atoms with Crippen molar-refractivity contribution in [3.63, 3.8) is 0 Å². The van der Waals surface area contributed by atoms with Crippen molar-refractivity contribution in [2.45, 2.75) is 33.8 Å². The smallest absolute Gasteiger partial charge is 0.194 e. The van der Waals surface area contributed by atoms with Gasteiger partial charge in [0.15, 0.2) is 5.96 Å². The Morgan fingerprint density at radius 3 is 2.65 bits per heavy atom. The zero-order valence-electron chi connectivity index (χ0n) is 14.5. The highest BCUT2D eigenvalue weighted by atomic mass is 127. The number of aliphatic imine (C=N–C) groups is 1. The summed E-state index contributed by atoms with van der Waals surface area (Å²) in [5.74, 6) is 1.02.